The van der Waals surface area contributed by atoms with Crippen LogP contribution in [0.15, 0.2) is 146 Å². The Labute approximate surface area is 425 Å². The van der Waals surface area contributed by atoms with Crippen LogP contribution in [0.3, 0.4) is 0 Å². The highest BCUT2D eigenvalue weighted by molar-refractivity contribution is 6.57. The van der Waals surface area contributed by atoms with Crippen molar-refractivity contribution in [1.82, 2.24) is 0 Å². The van der Waals surface area contributed by atoms with E-state index in [2.05, 4.69) is 243 Å². The lowest BCUT2D eigenvalue weighted by Crippen LogP contribution is -2.11. The highest BCUT2D eigenvalue weighted by Gasteiger charge is 2.33. The molecule has 0 radical (unpaired) electrons. The first-order valence-corrected chi connectivity index (χ1v) is 26.4. The largest absolute Gasteiger partial charge is 0.0616 e. The number of hydrogen-bond acceptors (Lipinski definition) is 0. The van der Waals surface area contributed by atoms with Gasteiger partial charge in [0.1, 0.15) is 0 Å². The van der Waals surface area contributed by atoms with Crippen LogP contribution in [0.4, 0.5) is 0 Å². The fourth-order valence-corrected chi connectivity index (χ4v) is 13.1. The molecule has 13 aromatic rings. The van der Waals surface area contributed by atoms with Gasteiger partial charge >= 0.3 is 0 Å². The van der Waals surface area contributed by atoms with E-state index in [0.717, 1.165) is 0 Å². The summed E-state index contributed by atoms with van der Waals surface area (Å²) in [5.74, 6) is 0. The number of fused-ring (bicyclic) bond motifs is 16. The van der Waals surface area contributed by atoms with Gasteiger partial charge in [0.2, 0.25) is 0 Å². The number of hydrogen-bond donors (Lipinski definition) is 0. The molecule has 0 amide bonds. The van der Waals surface area contributed by atoms with Gasteiger partial charge in [-0.15, -0.1) is 0 Å². The van der Waals surface area contributed by atoms with Gasteiger partial charge in [-0.1, -0.05) is 217 Å². The maximum absolute atomic E-state index is 2.57. The standard InChI is InChI=1S/C72H66/c1-39-35-55-59(49-21-17-15-19-47(39)49)65-57(41-23-27-43(28-24-41)69(3,4)5)54-38-46(72(12,13)14)32-34-52(54)62-64-56-36-40(2)48-20-16-18-22-50(48)60(56)66-58(42-25-29-44(30-26-42)70(6,7)8)53-37-45(71(9,10)11)31-33-51(53)61(68(64)66)63(55)67(62)65/h15-38H,1-14H3. The van der Waals surface area contributed by atoms with E-state index < -0.39 is 0 Å². The number of benzene rings is 11. The molecule has 0 aromatic heterocycles. The fourth-order valence-electron chi connectivity index (χ4n) is 13.1. The first-order chi connectivity index (χ1) is 34.1. The Balaban J connectivity index is 1.41. The van der Waals surface area contributed by atoms with Gasteiger partial charge in [0, 0.05) is 0 Å². The molecule has 13 rings (SSSR count). The van der Waals surface area contributed by atoms with E-state index in [1.54, 1.807) is 0 Å². The summed E-state index contributed by atoms with van der Waals surface area (Å²) in [7, 11) is 0. The Morgan fingerprint density at radius 1 is 0.222 bits per heavy atom. The third-order valence-corrected chi connectivity index (χ3v) is 17.0. The topological polar surface area (TPSA) is 0 Å². The smallest absolute Gasteiger partial charge is 0.0000482 e. The van der Waals surface area contributed by atoms with Crippen molar-refractivity contribution < 1.29 is 0 Å². The second-order valence-electron chi connectivity index (χ2n) is 25.7. The maximum atomic E-state index is 2.57. The van der Waals surface area contributed by atoms with Gasteiger partial charge in [-0.3, -0.25) is 0 Å². The lowest BCUT2D eigenvalue weighted by Gasteiger charge is -2.24. The summed E-state index contributed by atoms with van der Waals surface area (Å²) in [5, 5.41) is 27.1. The summed E-state index contributed by atoms with van der Waals surface area (Å²) >= 11 is 0. The summed E-state index contributed by atoms with van der Waals surface area (Å²) in [5.41, 5.74) is 13.2. The molecule has 0 nitrogen and oxygen atoms in total. The molecule has 0 bridgehead atoms. The van der Waals surface area contributed by atoms with Crippen molar-refractivity contribution in [1.29, 1.82) is 0 Å². The molecule has 0 heteroatoms. The molecule has 0 heterocycles. The Morgan fingerprint density at radius 3 is 0.847 bits per heavy atom. The summed E-state index contributed by atoms with van der Waals surface area (Å²) in [4.78, 5) is 0. The molecule has 0 aliphatic heterocycles. The zero-order chi connectivity index (χ0) is 50.3. The zero-order valence-corrected chi connectivity index (χ0v) is 44.9. The van der Waals surface area contributed by atoms with Crippen molar-refractivity contribution in [3.63, 3.8) is 0 Å². The minimum absolute atomic E-state index is 0.0333. The SMILES string of the molecule is Cc1cc2c(c3ccccc13)c1c(-c3ccc(C(C)(C)C)cc3)c3cc(C(C)(C)C)ccc3c3c4c5cc(C)c6ccccc6c5c5c(-c6ccc(C(C)(C)C)cc6)c6cc(C(C)(C)C)ccc6c(c2c13)c54. The predicted octanol–water partition coefficient (Wildman–Crippen LogP) is 21.2. The normalized spacial score (nSPS) is 13.4. The van der Waals surface area contributed by atoms with E-state index >= 15 is 0 Å². The Bertz CT molecular complexity index is 4140. The molecule has 0 saturated carbocycles. The molecule has 354 valence electrons. The van der Waals surface area contributed by atoms with E-state index in [1.165, 1.54) is 163 Å². The minimum atomic E-state index is -0.0536. The van der Waals surface area contributed by atoms with Gasteiger partial charge in [-0.2, -0.15) is 0 Å². The molecule has 0 unspecified atom stereocenters. The Kier molecular flexibility index (Phi) is 9.22. The quantitative estimate of drug-likeness (QED) is 0.120. The first-order valence-electron chi connectivity index (χ1n) is 26.4. The van der Waals surface area contributed by atoms with Gasteiger partial charge in [-0.05, 0) is 211 Å². The fraction of sp³-hybridized carbons (Fsp3) is 0.250. The lowest BCUT2D eigenvalue weighted by atomic mass is 9.79. The Hall–Kier alpha value is -7.02. The molecular formula is C72H66. The highest BCUT2D eigenvalue weighted by atomic mass is 14.3. The Morgan fingerprint density at radius 2 is 0.514 bits per heavy atom. The molecule has 0 aliphatic rings. The van der Waals surface area contributed by atoms with Crippen molar-refractivity contribution >= 4 is 108 Å². The van der Waals surface area contributed by atoms with E-state index in [4.69, 9.17) is 0 Å². The van der Waals surface area contributed by atoms with E-state index in [0.29, 0.717) is 0 Å². The maximum Gasteiger partial charge on any atom is -0.0000482 e. The van der Waals surface area contributed by atoms with Crippen LogP contribution in [-0.2, 0) is 21.7 Å². The zero-order valence-electron chi connectivity index (χ0n) is 44.9. The van der Waals surface area contributed by atoms with Gasteiger partial charge in [-0.25, -0.2) is 0 Å². The third kappa shape index (κ3) is 6.24. The molecule has 0 saturated heterocycles. The van der Waals surface area contributed by atoms with Crippen molar-refractivity contribution in [2.45, 2.75) is 119 Å². The average Bonchev–Trinajstić information content (AvgIpc) is 3.85. The van der Waals surface area contributed by atoms with Crippen LogP contribution in [0, 0.1) is 13.8 Å². The summed E-state index contributed by atoms with van der Waals surface area (Å²) in [6.45, 7) is 32.8. The van der Waals surface area contributed by atoms with Crippen molar-refractivity contribution in [2.24, 2.45) is 0 Å². The van der Waals surface area contributed by atoms with E-state index in [-0.39, 0.29) is 21.7 Å². The second-order valence-corrected chi connectivity index (χ2v) is 25.7. The molecule has 0 aliphatic carbocycles. The summed E-state index contributed by atoms with van der Waals surface area (Å²) in [6, 6.07) is 57.9. The molecule has 0 spiro atoms. The monoisotopic (exact) mass is 931 g/mol. The molecular weight excluding hydrogens is 865 g/mol. The van der Waals surface area contributed by atoms with Crippen LogP contribution in [0.2, 0.25) is 0 Å². The van der Waals surface area contributed by atoms with Crippen molar-refractivity contribution in [3.05, 3.63) is 179 Å². The van der Waals surface area contributed by atoms with Crippen LogP contribution >= 0.6 is 0 Å². The molecule has 0 N–H and O–H groups in total. The molecule has 72 heavy (non-hydrogen) atoms. The van der Waals surface area contributed by atoms with Gasteiger partial charge in [0.15, 0.2) is 0 Å². The number of rotatable bonds is 2. The predicted molar refractivity (Wildman–Crippen MR) is 319 cm³/mol. The van der Waals surface area contributed by atoms with Crippen LogP contribution in [-0.4, -0.2) is 0 Å². The highest BCUT2D eigenvalue weighted by Crippen LogP contribution is 2.60. The van der Waals surface area contributed by atoms with Crippen LogP contribution < -0.4 is 0 Å². The van der Waals surface area contributed by atoms with Gasteiger partial charge in [0.25, 0.3) is 0 Å². The summed E-state index contributed by atoms with van der Waals surface area (Å²) in [6.07, 6.45) is 0. The molecule has 13 aromatic carbocycles. The molecule has 0 atom stereocenters. The first kappa shape index (κ1) is 44.9. The van der Waals surface area contributed by atoms with E-state index in [9.17, 15) is 0 Å². The van der Waals surface area contributed by atoms with Gasteiger partial charge in [0.05, 0.1) is 0 Å². The van der Waals surface area contributed by atoms with Crippen molar-refractivity contribution in [3.8, 4) is 22.3 Å². The summed E-state index contributed by atoms with van der Waals surface area (Å²) < 4.78 is 0. The van der Waals surface area contributed by atoms with E-state index in [1.807, 2.05) is 0 Å². The van der Waals surface area contributed by atoms with Crippen LogP contribution in [0.1, 0.15) is 116 Å². The minimum Gasteiger partial charge on any atom is -0.0616 e. The number of aryl methyl sites for hydroxylation is 2. The average molecular weight is 931 g/mol. The van der Waals surface area contributed by atoms with Crippen molar-refractivity contribution in [2.75, 3.05) is 0 Å². The molecule has 0 fully saturated rings. The second kappa shape index (κ2) is 14.8. The van der Waals surface area contributed by atoms with Crippen LogP contribution in [0.5, 0.6) is 0 Å². The van der Waals surface area contributed by atoms with Gasteiger partial charge < -0.3 is 0 Å². The third-order valence-electron chi connectivity index (χ3n) is 17.0. The lowest BCUT2D eigenvalue weighted by molar-refractivity contribution is 0.590. The van der Waals surface area contributed by atoms with Crippen LogP contribution in [0.25, 0.3) is 130 Å².